The average Bonchev–Trinajstić information content (AvgIpc) is 3.23. The van der Waals surface area contributed by atoms with Gasteiger partial charge in [0.25, 0.3) is 0 Å². The second-order valence-corrected chi connectivity index (χ2v) is 11.2. The molecule has 2 aliphatic rings. The number of carboxylic acids is 1. The molecule has 1 aliphatic carbocycles. The van der Waals surface area contributed by atoms with Crippen LogP contribution in [0.5, 0.6) is 0 Å². The van der Waals surface area contributed by atoms with Gasteiger partial charge in [0.15, 0.2) is 5.79 Å². The number of anilines is 1. The van der Waals surface area contributed by atoms with Crippen molar-refractivity contribution in [3.8, 4) is 0 Å². The van der Waals surface area contributed by atoms with Crippen molar-refractivity contribution in [3.63, 3.8) is 0 Å². The molecule has 2 N–H and O–H groups in total. The maximum Gasteiger partial charge on any atom is 0.338 e. The molecule has 1 heterocycles. The standard InChI is InChI=1S/C25H25ClFNO8S/c1-2-24(14-34-23(31)16-6-4-3-5-7-16)15-35-25(36-24)11-10-21(18(13-25)22(29)30)37(32,33)28-20-9-8-17(27)12-19(20)26/h3-9,12-13,21,28H,2,10-11,14-15H2,1H3,(H,29,30)/t21?,24-,25?/m0/s1. The first-order valence-electron chi connectivity index (χ1n) is 11.5. The van der Waals surface area contributed by atoms with E-state index in [2.05, 4.69) is 4.72 Å². The Morgan fingerprint density at radius 3 is 2.62 bits per heavy atom. The molecule has 2 aromatic rings. The summed E-state index contributed by atoms with van der Waals surface area (Å²) in [4.78, 5) is 24.5. The monoisotopic (exact) mass is 553 g/mol. The molecule has 37 heavy (non-hydrogen) atoms. The quantitative estimate of drug-likeness (QED) is 0.467. The van der Waals surface area contributed by atoms with Crippen molar-refractivity contribution in [2.75, 3.05) is 17.9 Å². The van der Waals surface area contributed by atoms with Crippen molar-refractivity contribution in [1.29, 1.82) is 0 Å². The molecule has 0 aromatic heterocycles. The minimum absolute atomic E-state index is 0.00974. The number of hydrogen-bond donors (Lipinski definition) is 2. The van der Waals surface area contributed by atoms with Gasteiger partial charge in [0, 0.05) is 6.42 Å². The van der Waals surface area contributed by atoms with E-state index in [1.54, 1.807) is 30.3 Å². The Hall–Kier alpha value is -2.99. The molecule has 1 spiro atoms. The highest BCUT2D eigenvalue weighted by Crippen LogP contribution is 2.43. The van der Waals surface area contributed by atoms with Gasteiger partial charge in [-0.05, 0) is 49.2 Å². The van der Waals surface area contributed by atoms with E-state index >= 15 is 0 Å². The number of rotatable bonds is 8. The number of halogens is 2. The predicted molar refractivity (Wildman–Crippen MR) is 132 cm³/mol. The third kappa shape index (κ3) is 5.80. The summed E-state index contributed by atoms with van der Waals surface area (Å²) in [6.45, 7) is 1.68. The van der Waals surface area contributed by atoms with Crippen LogP contribution in [0.4, 0.5) is 10.1 Å². The van der Waals surface area contributed by atoms with Crippen molar-refractivity contribution in [1.82, 2.24) is 0 Å². The fourth-order valence-corrected chi connectivity index (χ4v) is 6.11. The molecule has 1 saturated heterocycles. The van der Waals surface area contributed by atoms with E-state index in [0.717, 1.165) is 24.3 Å². The van der Waals surface area contributed by atoms with Gasteiger partial charge in [-0.2, -0.15) is 0 Å². The maximum absolute atomic E-state index is 13.3. The van der Waals surface area contributed by atoms with Crippen molar-refractivity contribution >= 4 is 39.3 Å². The molecular weight excluding hydrogens is 529 g/mol. The third-order valence-electron chi connectivity index (χ3n) is 6.37. The molecule has 2 unspecified atom stereocenters. The molecular formula is C25H25ClFNO8S. The van der Waals surface area contributed by atoms with Crippen molar-refractivity contribution in [3.05, 3.63) is 76.6 Å². The fourth-order valence-electron chi connectivity index (χ4n) is 4.28. The summed E-state index contributed by atoms with van der Waals surface area (Å²) in [5, 5.41) is 8.23. The molecule has 0 amide bonds. The Bertz CT molecular complexity index is 1340. The number of carboxylic acid groups (broad SMARTS) is 1. The van der Waals surface area contributed by atoms with Gasteiger partial charge in [-0.15, -0.1) is 0 Å². The Kier molecular flexibility index (Phi) is 7.61. The SMILES string of the molecule is CC[C@]1(COC(=O)c2ccccc2)COC2(C=C(C(=O)O)C(S(=O)(=O)Nc3ccc(F)cc3Cl)CC2)O1. The van der Waals surface area contributed by atoms with Crippen molar-refractivity contribution in [2.45, 2.75) is 42.8 Å². The number of hydrogen-bond acceptors (Lipinski definition) is 7. The lowest BCUT2D eigenvalue weighted by Gasteiger charge is -2.35. The molecule has 0 saturated carbocycles. The van der Waals surface area contributed by atoms with Crippen molar-refractivity contribution < 1.29 is 41.7 Å². The summed E-state index contributed by atoms with van der Waals surface area (Å²) < 4.78 is 59.3. The number of carbonyl (C=O) groups excluding carboxylic acids is 1. The van der Waals surface area contributed by atoms with Crippen LogP contribution in [0.3, 0.4) is 0 Å². The van der Waals surface area contributed by atoms with Gasteiger partial charge < -0.3 is 19.3 Å². The van der Waals surface area contributed by atoms with Crippen LogP contribution >= 0.6 is 11.6 Å². The van der Waals surface area contributed by atoms with Crippen LogP contribution in [0.1, 0.15) is 36.5 Å². The van der Waals surface area contributed by atoms with Gasteiger partial charge in [-0.3, -0.25) is 4.72 Å². The second kappa shape index (κ2) is 10.4. The summed E-state index contributed by atoms with van der Waals surface area (Å²) in [6, 6.07) is 11.5. The van der Waals surface area contributed by atoms with Crippen LogP contribution in [0.25, 0.3) is 0 Å². The van der Waals surface area contributed by atoms with Crippen LogP contribution in [-0.4, -0.2) is 55.3 Å². The lowest BCUT2D eigenvalue weighted by Crippen LogP contribution is -2.44. The van der Waals surface area contributed by atoms with E-state index in [1.165, 1.54) is 0 Å². The number of carbonyl (C=O) groups is 2. The number of aliphatic carboxylic acids is 1. The molecule has 12 heteroatoms. The van der Waals surface area contributed by atoms with Gasteiger partial charge in [0.05, 0.1) is 28.5 Å². The predicted octanol–water partition coefficient (Wildman–Crippen LogP) is 4.14. The Morgan fingerprint density at radius 2 is 1.97 bits per heavy atom. The smallest absolute Gasteiger partial charge is 0.338 e. The first kappa shape index (κ1) is 27.1. The lowest BCUT2D eigenvalue weighted by molar-refractivity contribution is -0.170. The minimum Gasteiger partial charge on any atom is -0.478 e. The lowest BCUT2D eigenvalue weighted by atomic mass is 9.94. The number of nitrogens with one attached hydrogen (secondary N) is 1. The van der Waals surface area contributed by atoms with Gasteiger partial charge in [-0.25, -0.2) is 22.4 Å². The molecule has 4 rings (SSSR count). The van der Waals surface area contributed by atoms with E-state index < -0.39 is 50.0 Å². The maximum atomic E-state index is 13.3. The van der Waals surface area contributed by atoms with Crippen LogP contribution < -0.4 is 4.72 Å². The molecule has 0 radical (unpaired) electrons. The largest absolute Gasteiger partial charge is 0.478 e. The van der Waals surface area contributed by atoms with Crippen LogP contribution in [0, 0.1) is 5.82 Å². The number of ether oxygens (including phenoxy) is 3. The highest BCUT2D eigenvalue weighted by atomic mass is 35.5. The van der Waals surface area contributed by atoms with Crippen LogP contribution in [-0.2, 0) is 29.0 Å². The topological polar surface area (TPSA) is 128 Å². The highest BCUT2D eigenvalue weighted by molar-refractivity contribution is 7.93. The molecule has 2 aromatic carbocycles. The van der Waals surface area contributed by atoms with Crippen LogP contribution in [0.15, 0.2) is 60.2 Å². The van der Waals surface area contributed by atoms with Gasteiger partial charge in [-0.1, -0.05) is 36.7 Å². The Labute approximate surface area is 218 Å². The Morgan fingerprint density at radius 1 is 1.24 bits per heavy atom. The summed E-state index contributed by atoms with van der Waals surface area (Å²) in [5.41, 5.74) is -1.19. The number of benzene rings is 2. The number of esters is 1. The summed E-state index contributed by atoms with van der Waals surface area (Å²) >= 11 is 5.94. The van der Waals surface area contributed by atoms with Gasteiger partial charge in [0.2, 0.25) is 10.0 Å². The zero-order chi connectivity index (χ0) is 26.8. The first-order chi connectivity index (χ1) is 17.5. The zero-order valence-corrected chi connectivity index (χ0v) is 21.4. The second-order valence-electron chi connectivity index (χ2n) is 8.88. The summed E-state index contributed by atoms with van der Waals surface area (Å²) in [5.74, 6) is -4.15. The number of sulfonamides is 1. The molecule has 198 valence electrons. The van der Waals surface area contributed by atoms with E-state index in [0.29, 0.717) is 12.0 Å². The Balaban J connectivity index is 1.53. The highest BCUT2D eigenvalue weighted by Gasteiger charge is 2.53. The van der Waals surface area contributed by atoms with E-state index in [1.807, 2.05) is 6.92 Å². The molecule has 1 aliphatic heterocycles. The molecule has 9 nitrogen and oxygen atoms in total. The summed E-state index contributed by atoms with van der Waals surface area (Å²) in [6.07, 6.45) is 1.43. The van der Waals surface area contributed by atoms with E-state index in [4.69, 9.17) is 25.8 Å². The fraction of sp³-hybridized carbons (Fsp3) is 0.360. The first-order valence-corrected chi connectivity index (χ1v) is 13.4. The van der Waals surface area contributed by atoms with Gasteiger partial charge >= 0.3 is 11.9 Å². The molecule has 0 bridgehead atoms. The zero-order valence-electron chi connectivity index (χ0n) is 19.8. The molecule has 1 fully saturated rings. The third-order valence-corrected chi connectivity index (χ3v) is 8.43. The minimum atomic E-state index is -4.29. The van der Waals surface area contributed by atoms with E-state index in [-0.39, 0.29) is 36.8 Å². The van der Waals surface area contributed by atoms with E-state index in [9.17, 15) is 27.5 Å². The van der Waals surface area contributed by atoms with Crippen molar-refractivity contribution in [2.24, 2.45) is 0 Å². The normalized spacial score (nSPS) is 25.5. The summed E-state index contributed by atoms with van der Waals surface area (Å²) in [7, 11) is -4.29. The van der Waals surface area contributed by atoms with Gasteiger partial charge in [0.1, 0.15) is 23.3 Å². The molecule has 3 atom stereocenters. The average molecular weight is 554 g/mol. The van der Waals surface area contributed by atoms with Crippen LogP contribution in [0.2, 0.25) is 5.02 Å².